The molecule has 34 heavy (non-hydrogen) atoms. The first-order valence-electron chi connectivity index (χ1n) is 10.6. The number of hydrogen-bond acceptors (Lipinski definition) is 5. The van der Waals surface area contributed by atoms with Crippen LogP contribution in [0.3, 0.4) is 0 Å². The lowest BCUT2D eigenvalue weighted by Crippen LogP contribution is -2.28. The maximum Gasteiger partial charge on any atom is 0.266 e. The average molecular weight is 541 g/mol. The molecule has 3 aromatic rings. The smallest absolute Gasteiger partial charge is 0.266 e. The van der Waals surface area contributed by atoms with Crippen LogP contribution in [0.2, 0.25) is 0 Å². The van der Waals surface area contributed by atoms with Gasteiger partial charge in [-0.05, 0) is 73.3 Å². The molecule has 0 bridgehead atoms. The molecule has 1 saturated heterocycles. The Labute approximate surface area is 210 Å². The van der Waals surface area contributed by atoms with Crippen LogP contribution < -0.4 is 9.47 Å². The summed E-state index contributed by atoms with van der Waals surface area (Å²) in [6, 6.07) is 19.3. The molecule has 174 valence electrons. The van der Waals surface area contributed by atoms with Crippen LogP contribution in [-0.2, 0) is 11.4 Å². The number of nitrogens with zero attached hydrogens (tertiary/aromatic N) is 2. The van der Waals surface area contributed by atoms with Crippen molar-refractivity contribution in [1.29, 1.82) is 0 Å². The Balaban J connectivity index is 1.61. The van der Waals surface area contributed by atoms with Gasteiger partial charge in [-0.1, -0.05) is 34.1 Å². The second kappa shape index (κ2) is 10.9. The molecule has 1 aliphatic rings. The molecule has 0 N–H and O–H groups in total. The molecule has 0 unspecified atom stereocenters. The van der Waals surface area contributed by atoms with E-state index in [1.807, 2.05) is 43.3 Å². The molecule has 5 nitrogen and oxygen atoms in total. The summed E-state index contributed by atoms with van der Waals surface area (Å²) in [7, 11) is 1.61. The van der Waals surface area contributed by atoms with Crippen molar-refractivity contribution in [3.63, 3.8) is 0 Å². The third kappa shape index (κ3) is 5.51. The van der Waals surface area contributed by atoms with Crippen molar-refractivity contribution in [2.45, 2.75) is 13.5 Å². The van der Waals surface area contributed by atoms with Crippen LogP contribution in [0.4, 0.5) is 10.1 Å². The van der Waals surface area contributed by atoms with Gasteiger partial charge in [0.25, 0.3) is 5.91 Å². The second-order valence-corrected chi connectivity index (χ2v) is 9.24. The van der Waals surface area contributed by atoms with Gasteiger partial charge < -0.3 is 9.47 Å². The van der Waals surface area contributed by atoms with Crippen molar-refractivity contribution in [2.24, 2.45) is 4.99 Å². The summed E-state index contributed by atoms with van der Waals surface area (Å²) in [5, 5.41) is 0.604. The number of carbonyl (C=O) groups is 1. The van der Waals surface area contributed by atoms with Gasteiger partial charge in [0.15, 0.2) is 5.17 Å². The van der Waals surface area contributed by atoms with Crippen molar-refractivity contribution < 1.29 is 18.7 Å². The number of ether oxygens (including phenoxy) is 2. The number of hydrogen-bond donors (Lipinski definition) is 0. The van der Waals surface area contributed by atoms with E-state index in [1.165, 1.54) is 17.8 Å². The Kier molecular flexibility index (Phi) is 7.70. The van der Waals surface area contributed by atoms with E-state index in [0.29, 0.717) is 33.5 Å². The third-order valence-corrected chi connectivity index (χ3v) is 6.60. The molecule has 0 saturated carbocycles. The molecule has 1 heterocycles. The molecule has 0 aromatic heterocycles. The van der Waals surface area contributed by atoms with Crippen molar-refractivity contribution in [3.05, 3.63) is 93.1 Å². The number of amides is 1. The van der Waals surface area contributed by atoms with E-state index >= 15 is 0 Å². The number of benzene rings is 3. The van der Waals surface area contributed by atoms with E-state index in [1.54, 1.807) is 42.4 Å². The molecule has 8 heteroatoms. The summed E-state index contributed by atoms with van der Waals surface area (Å²) in [4.78, 5) is 19.9. The Bertz CT molecular complexity index is 1260. The Morgan fingerprint density at radius 1 is 1.12 bits per heavy atom. The highest BCUT2D eigenvalue weighted by molar-refractivity contribution is 9.10. The van der Waals surface area contributed by atoms with Gasteiger partial charge in [0.1, 0.15) is 23.9 Å². The lowest BCUT2D eigenvalue weighted by atomic mass is 10.1. The Hall–Kier alpha value is -3.10. The molecule has 4 rings (SSSR count). The largest absolute Gasteiger partial charge is 0.497 e. The first kappa shape index (κ1) is 24.0. The standard InChI is InChI=1S/C26H22BrFN2O3S/c1-3-30-25(31)24(34-26(30)29-20-9-11-21(32-2)12-10-20)15-18-14-19(27)8-13-23(18)33-16-17-6-4-5-7-22(17)28/h4-15H,3,16H2,1-2H3/b24-15-,29-26?. The van der Waals surface area contributed by atoms with Crippen molar-refractivity contribution in [1.82, 2.24) is 4.90 Å². The molecular formula is C26H22BrFN2O3S. The van der Waals surface area contributed by atoms with Gasteiger partial charge in [0, 0.05) is 22.1 Å². The first-order chi connectivity index (χ1) is 16.5. The van der Waals surface area contributed by atoms with Gasteiger partial charge in [-0.15, -0.1) is 0 Å². The fraction of sp³-hybridized carbons (Fsp3) is 0.154. The number of methoxy groups -OCH3 is 1. The van der Waals surface area contributed by atoms with Gasteiger partial charge in [0.05, 0.1) is 17.7 Å². The highest BCUT2D eigenvalue weighted by Crippen LogP contribution is 2.36. The van der Waals surface area contributed by atoms with Gasteiger partial charge in [0.2, 0.25) is 0 Å². The summed E-state index contributed by atoms with van der Waals surface area (Å²) in [5.41, 5.74) is 1.90. The minimum atomic E-state index is -0.320. The SMILES string of the molecule is CCN1C(=O)/C(=C/c2cc(Br)ccc2OCc2ccccc2F)SC1=Nc1ccc(OC)cc1. The van der Waals surface area contributed by atoms with Crippen LogP contribution in [0.1, 0.15) is 18.1 Å². The van der Waals surface area contributed by atoms with Crippen molar-refractivity contribution in [2.75, 3.05) is 13.7 Å². The minimum absolute atomic E-state index is 0.0802. The quantitative estimate of drug-likeness (QED) is 0.309. The number of likely N-dealkylation sites (N-methyl/N-ethyl adjacent to an activating group) is 1. The second-order valence-electron chi connectivity index (χ2n) is 7.31. The molecule has 1 aliphatic heterocycles. The first-order valence-corrected chi connectivity index (χ1v) is 12.2. The van der Waals surface area contributed by atoms with E-state index in [4.69, 9.17) is 9.47 Å². The van der Waals surface area contributed by atoms with Crippen LogP contribution in [0, 0.1) is 5.82 Å². The molecule has 1 fully saturated rings. The number of aliphatic imine (C=N–C) groups is 1. The van der Waals surface area contributed by atoms with E-state index in [2.05, 4.69) is 20.9 Å². The minimum Gasteiger partial charge on any atom is -0.497 e. The summed E-state index contributed by atoms with van der Waals surface area (Å²) in [5.74, 6) is 0.847. The van der Waals surface area contributed by atoms with Crippen LogP contribution in [0.15, 0.2) is 81.1 Å². The number of carbonyl (C=O) groups excluding carboxylic acids is 1. The maximum absolute atomic E-state index is 14.0. The lowest BCUT2D eigenvalue weighted by molar-refractivity contribution is -0.122. The van der Waals surface area contributed by atoms with Crippen molar-refractivity contribution >= 4 is 50.5 Å². The lowest BCUT2D eigenvalue weighted by Gasteiger charge is -2.12. The molecular weight excluding hydrogens is 519 g/mol. The maximum atomic E-state index is 14.0. The number of halogens is 2. The van der Waals surface area contributed by atoms with Gasteiger partial charge in [-0.3, -0.25) is 9.69 Å². The number of amidine groups is 1. The molecule has 1 amide bonds. The summed E-state index contributed by atoms with van der Waals surface area (Å²) < 4.78 is 26.0. The predicted octanol–water partition coefficient (Wildman–Crippen LogP) is 6.80. The Morgan fingerprint density at radius 3 is 2.59 bits per heavy atom. The summed E-state index contributed by atoms with van der Waals surface area (Å²) >= 11 is 4.79. The molecule has 0 atom stereocenters. The van der Waals surface area contributed by atoms with E-state index < -0.39 is 0 Å². The summed E-state index contributed by atoms with van der Waals surface area (Å²) in [6.07, 6.45) is 1.79. The fourth-order valence-electron chi connectivity index (χ4n) is 3.31. The highest BCUT2D eigenvalue weighted by Gasteiger charge is 2.32. The molecule has 3 aromatic carbocycles. The van der Waals surface area contributed by atoms with Crippen LogP contribution in [-0.4, -0.2) is 29.6 Å². The number of rotatable bonds is 7. The monoisotopic (exact) mass is 540 g/mol. The van der Waals surface area contributed by atoms with Crippen molar-refractivity contribution in [3.8, 4) is 11.5 Å². The highest BCUT2D eigenvalue weighted by atomic mass is 79.9. The van der Waals surface area contributed by atoms with E-state index in [9.17, 15) is 9.18 Å². The molecule has 0 radical (unpaired) electrons. The third-order valence-electron chi connectivity index (χ3n) is 5.10. The van der Waals surface area contributed by atoms with Crippen LogP contribution in [0.25, 0.3) is 6.08 Å². The molecule has 0 aliphatic carbocycles. The van der Waals surface area contributed by atoms with Gasteiger partial charge >= 0.3 is 0 Å². The summed E-state index contributed by atoms with van der Waals surface area (Å²) in [6.45, 7) is 2.48. The normalized spacial score (nSPS) is 15.9. The van der Waals surface area contributed by atoms with Crippen LogP contribution in [0.5, 0.6) is 11.5 Å². The zero-order valence-electron chi connectivity index (χ0n) is 18.6. The van der Waals surface area contributed by atoms with E-state index in [-0.39, 0.29) is 18.3 Å². The zero-order valence-corrected chi connectivity index (χ0v) is 21.0. The number of thioether (sulfide) groups is 1. The van der Waals surface area contributed by atoms with Crippen LogP contribution >= 0.6 is 27.7 Å². The average Bonchev–Trinajstić information content (AvgIpc) is 3.13. The molecule has 0 spiro atoms. The predicted molar refractivity (Wildman–Crippen MR) is 138 cm³/mol. The Morgan fingerprint density at radius 2 is 1.88 bits per heavy atom. The zero-order chi connectivity index (χ0) is 24.1. The van der Waals surface area contributed by atoms with Gasteiger partial charge in [-0.25, -0.2) is 9.38 Å². The topological polar surface area (TPSA) is 51.1 Å². The van der Waals surface area contributed by atoms with E-state index in [0.717, 1.165) is 15.9 Å². The van der Waals surface area contributed by atoms with Gasteiger partial charge in [-0.2, -0.15) is 0 Å². The fourth-order valence-corrected chi connectivity index (χ4v) is 4.75.